The summed E-state index contributed by atoms with van der Waals surface area (Å²) in [6.07, 6.45) is 2.84. The van der Waals surface area contributed by atoms with Crippen LogP contribution < -0.4 is 0 Å². The Bertz CT molecular complexity index is 1370. The largest absolute Gasteiger partial charge is 0.481 e. The average molecular weight is 528 g/mol. The molecule has 1 aromatic heterocycles. The lowest BCUT2D eigenvalue weighted by Crippen LogP contribution is -2.35. The smallest absolute Gasteiger partial charge is 0.409 e. The SMILES string of the molecule is COC(=O)N1CCc2ccc3c(nc([C@H]4CC[C@H](C(=O)O)CC4)n3[C@@H](CO)Cc3ccc(F)c(F)c3)c2C1. The molecule has 1 fully saturated rings. The first-order valence-electron chi connectivity index (χ1n) is 12.9. The number of nitrogens with zero attached hydrogens (tertiary/aromatic N) is 3. The number of aliphatic hydroxyl groups is 1. The monoisotopic (exact) mass is 527 g/mol. The molecule has 10 heteroatoms. The summed E-state index contributed by atoms with van der Waals surface area (Å²) in [6.45, 7) is 0.620. The number of amides is 1. The summed E-state index contributed by atoms with van der Waals surface area (Å²) in [7, 11) is 1.35. The summed E-state index contributed by atoms with van der Waals surface area (Å²) < 4.78 is 34.4. The van der Waals surface area contributed by atoms with Gasteiger partial charge in [0.15, 0.2) is 11.6 Å². The van der Waals surface area contributed by atoms with Gasteiger partial charge in [-0.25, -0.2) is 18.6 Å². The number of hydrogen-bond acceptors (Lipinski definition) is 5. The third-order valence-electron chi connectivity index (χ3n) is 8.00. The number of carbonyl (C=O) groups is 2. The number of ether oxygens (including phenoxy) is 1. The van der Waals surface area contributed by atoms with Gasteiger partial charge in [-0.2, -0.15) is 0 Å². The molecule has 8 nitrogen and oxygen atoms in total. The number of fused-ring (bicyclic) bond motifs is 3. The molecule has 0 unspecified atom stereocenters. The van der Waals surface area contributed by atoms with Gasteiger partial charge >= 0.3 is 12.1 Å². The highest BCUT2D eigenvalue weighted by molar-refractivity contribution is 5.82. The quantitative estimate of drug-likeness (QED) is 0.487. The van der Waals surface area contributed by atoms with E-state index in [2.05, 4.69) is 0 Å². The topological polar surface area (TPSA) is 105 Å². The standard InChI is InChI=1S/C28H31F2N3O5/c1-38-28(37)32-11-10-17-7-9-24-25(21(17)14-32)31-26(18-3-5-19(6-4-18)27(35)36)33(24)20(15-34)12-16-2-8-22(29)23(30)13-16/h2,7-9,13,18-20,34H,3-6,10-12,14-15H2,1H3,(H,35,36)/t18-,19-,20-/m1/s1. The highest BCUT2D eigenvalue weighted by Gasteiger charge is 2.33. The van der Waals surface area contributed by atoms with Crippen LogP contribution in [0.1, 0.15) is 60.2 Å². The number of imidazole rings is 1. The third kappa shape index (κ3) is 4.84. The number of carbonyl (C=O) groups excluding carboxylic acids is 1. The molecule has 1 amide bonds. The Kier molecular flexibility index (Phi) is 7.34. The van der Waals surface area contributed by atoms with Gasteiger partial charge in [0.25, 0.3) is 0 Å². The minimum atomic E-state index is -0.945. The molecule has 202 valence electrons. The Labute approximate surface area is 218 Å². The summed E-state index contributed by atoms with van der Waals surface area (Å²) >= 11 is 0. The number of aromatic nitrogens is 2. The van der Waals surface area contributed by atoms with E-state index in [9.17, 15) is 28.6 Å². The zero-order chi connectivity index (χ0) is 27.0. The molecule has 2 aliphatic rings. The first kappa shape index (κ1) is 26.1. The Balaban J connectivity index is 1.59. The number of methoxy groups -OCH3 is 1. The van der Waals surface area contributed by atoms with Crippen LogP contribution in [0.3, 0.4) is 0 Å². The molecule has 1 saturated carbocycles. The molecule has 5 rings (SSSR count). The van der Waals surface area contributed by atoms with E-state index in [1.807, 2.05) is 16.7 Å². The molecular formula is C28H31F2N3O5. The first-order chi connectivity index (χ1) is 18.3. The number of halogens is 2. The summed E-state index contributed by atoms with van der Waals surface area (Å²) in [5.41, 5.74) is 4.07. The second kappa shape index (κ2) is 10.7. The molecule has 0 bridgehead atoms. The van der Waals surface area contributed by atoms with Crippen LogP contribution in [-0.4, -0.2) is 57.0 Å². The van der Waals surface area contributed by atoms with Crippen molar-refractivity contribution >= 4 is 23.1 Å². The number of carboxylic acid groups (broad SMARTS) is 1. The predicted octanol–water partition coefficient (Wildman–Crippen LogP) is 4.57. The van der Waals surface area contributed by atoms with Crippen molar-refractivity contribution in [1.82, 2.24) is 14.5 Å². The number of aliphatic hydroxyl groups excluding tert-OH is 1. The van der Waals surface area contributed by atoms with Gasteiger partial charge in [-0.05, 0) is 67.9 Å². The van der Waals surface area contributed by atoms with E-state index in [-0.39, 0.29) is 24.9 Å². The lowest BCUT2D eigenvalue weighted by Gasteiger charge is -2.29. The third-order valence-corrected chi connectivity index (χ3v) is 8.00. The fraction of sp³-hybridized carbons (Fsp3) is 0.464. The van der Waals surface area contributed by atoms with Gasteiger partial charge in [-0.15, -0.1) is 0 Å². The summed E-state index contributed by atoms with van der Waals surface area (Å²) in [4.78, 5) is 30.5. The first-order valence-corrected chi connectivity index (χ1v) is 12.9. The normalized spacial score (nSPS) is 20.3. The van der Waals surface area contributed by atoms with Crippen molar-refractivity contribution in [2.24, 2.45) is 5.92 Å². The number of aliphatic carboxylic acids is 1. The van der Waals surface area contributed by atoms with Gasteiger partial charge in [-0.3, -0.25) is 4.79 Å². The van der Waals surface area contributed by atoms with E-state index in [0.717, 1.165) is 40.1 Å². The molecule has 2 heterocycles. The van der Waals surface area contributed by atoms with E-state index < -0.39 is 29.7 Å². The van der Waals surface area contributed by atoms with Crippen molar-refractivity contribution in [1.29, 1.82) is 0 Å². The van der Waals surface area contributed by atoms with Crippen molar-refractivity contribution in [3.05, 3.63) is 64.5 Å². The zero-order valence-electron chi connectivity index (χ0n) is 21.2. The van der Waals surface area contributed by atoms with Crippen LogP contribution in [0, 0.1) is 17.6 Å². The van der Waals surface area contributed by atoms with Crippen molar-refractivity contribution in [3.8, 4) is 0 Å². The van der Waals surface area contributed by atoms with E-state index in [0.29, 0.717) is 50.8 Å². The molecule has 0 radical (unpaired) electrons. The van der Waals surface area contributed by atoms with E-state index in [1.165, 1.54) is 13.2 Å². The molecule has 1 atom stereocenters. The molecule has 1 aliphatic heterocycles. The van der Waals surface area contributed by atoms with Gasteiger partial charge in [0.1, 0.15) is 5.82 Å². The van der Waals surface area contributed by atoms with Crippen molar-refractivity contribution < 1.29 is 33.3 Å². The maximum Gasteiger partial charge on any atom is 0.409 e. The number of benzene rings is 2. The van der Waals surface area contributed by atoms with Crippen LogP contribution in [0.25, 0.3) is 11.0 Å². The van der Waals surface area contributed by atoms with E-state index >= 15 is 0 Å². The van der Waals surface area contributed by atoms with Gasteiger partial charge in [-0.1, -0.05) is 12.1 Å². The van der Waals surface area contributed by atoms with Crippen LogP contribution in [-0.2, 0) is 28.9 Å². The second-order valence-corrected chi connectivity index (χ2v) is 10.2. The second-order valence-electron chi connectivity index (χ2n) is 10.2. The molecule has 38 heavy (non-hydrogen) atoms. The molecule has 0 spiro atoms. The van der Waals surface area contributed by atoms with Gasteiger partial charge in [0, 0.05) is 18.0 Å². The van der Waals surface area contributed by atoms with E-state index in [1.54, 1.807) is 4.90 Å². The van der Waals surface area contributed by atoms with Crippen LogP contribution in [0.5, 0.6) is 0 Å². The van der Waals surface area contributed by atoms with Gasteiger partial charge in [0.2, 0.25) is 0 Å². The highest BCUT2D eigenvalue weighted by atomic mass is 19.2. The van der Waals surface area contributed by atoms with Gasteiger partial charge in [0.05, 0.1) is 43.3 Å². The lowest BCUT2D eigenvalue weighted by atomic mass is 9.81. The Morgan fingerprint density at radius 3 is 2.55 bits per heavy atom. The minimum absolute atomic E-state index is 0.0204. The number of carboxylic acids is 1. The number of rotatable bonds is 6. The molecule has 2 N–H and O–H groups in total. The maximum atomic E-state index is 14.0. The van der Waals surface area contributed by atoms with Gasteiger partial charge < -0.3 is 24.4 Å². The van der Waals surface area contributed by atoms with Crippen molar-refractivity contribution in [2.45, 2.75) is 57.0 Å². The lowest BCUT2D eigenvalue weighted by molar-refractivity contribution is -0.142. The molecule has 1 aliphatic carbocycles. The zero-order valence-corrected chi connectivity index (χ0v) is 21.2. The summed E-state index contributed by atoms with van der Waals surface area (Å²) in [6, 6.07) is 7.21. The summed E-state index contributed by atoms with van der Waals surface area (Å²) in [5, 5.41) is 20.0. The Morgan fingerprint density at radius 1 is 1.13 bits per heavy atom. The van der Waals surface area contributed by atoms with Crippen LogP contribution in [0.4, 0.5) is 13.6 Å². The van der Waals surface area contributed by atoms with Crippen LogP contribution >= 0.6 is 0 Å². The van der Waals surface area contributed by atoms with Crippen molar-refractivity contribution in [3.63, 3.8) is 0 Å². The molecule has 0 saturated heterocycles. The molecule has 3 aromatic rings. The fourth-order valence-corrected chi connectivity index (χ4v) is 5.94. The highest BCUT2D eigenvalue weighted by Crippen LogP contribution is 2.40. The molecule has 2 aromatic carbocycles. The van der Waals surface area contributed by atoms with Crippen LogP contribution in [0.15, 0.2) is 30.3 Å². The number of hydrogen-bond donors (Lipinski definition) is 2. The predicted molar refractivity (Wildman–Crippen MR) is 135 cm³/mol. The minimum Gasteiger partial charge on any atom is -0.481 e. The van der Waals surface area contributed by atoms with Crippen LogP contribution in [0.2, 0.25) is 0 Å². The Morgan fingerprint density at radius 2 is 1.89 bits per heavy atom. The fourth-order valence-electron chi connectivity index (χ4n) is 5.94. The average Bonchev–Trinajstić information content (AvgIpc) is 3.33. The Hall–Kier alpha value is -3.53. The molecular weight excluding hydrogens is 496 g/mol. The maximum absolute atomic E-state index is 14.0. The summed E-state index contributed by atoms with van der Waals surface area (Å²) in [5.74, 6) is -2.33. The van der Waals surface area contributed by atoms with Crippen molar-refractivity contribution in [2.75, 3.05) is 20.3 Å². The van der Waals surface area contributed by atoms with E-state index in [4.69, 9.17) is 9.72 Å².